The molecule has 1 aromatic carbocycles. The van der Waals surface area contributed by atoms with E-state index in [2.05, 4.69) is 12.2 Å². The third-order valence-corrected chi connectivity index (χ3v) is 3.76. The van der Waals surface area contributed by atoms with Crippen molar-refractivity contribution in [1.29, 1.82) is 0 Å². The summed E-state index contributed by atoms with van der Waals surface area (Å²) in [5.74, 6) is 0.896. The molecule has 0 aliphatic heterocycles. The first kappa shape index (κ1) is 16.3. The SMILES string of the molecule is CCCNC1CC(Oc2cccc(COC)c2)C1OCC. The van der Waals surface area contributed by atoms with E-state index in [1.165, 1.54) is 0 Å². The molecular weight excluding hydrogens is 266 g/mol. The highest BCUT2D eigenvalue weighted by molar-refractivity contribution is 5.28. The molecule has 1 N–H and O–H groups in total. The van der Waals surface area contributed by atoms with Gasteiger partial charge in [0.1, 0.15) is 18.0 Å². The number of methoxy groups -OCH3 is 1. The zero-order chi connectivity index (χ0) is 15.1. The fourth-order valence-electron chi connectivity index (χ4n) is 2.69. The molecule has 0 saturated heterocycles. The van der Waals surface area contributed by atoms with Crippen LogP contribution < -0.4 is 10.1 Å². The molecule has 2 rings (SSSR count). The van der Waals surface area contributed by atoms with Crippen LogP contribution in [0.1, 0.15) is 32.3 Å². The smallest absolute Gasteiger partial charge is 0.128 e. The molecule has 1 aromatic rings. The van der Waals surface area contributed by atoms with E-state index >= 15 is 0 Å². The average molecular weight is 293 g/mol. The van der Waals surface area contributed by atoms with E-state index < -0.39 is 0 Å². The van der Waals surface area contributed by atoms with Gasteiger partial charge in [0, 0.05) is 26.2 Å². The van der Waals surface area contributed by atoms with E-state index in [4.69, 9.17) is 14.2 Å². The topological polar surface area (TPSA) is 39.7 Å². The Labute approximate surface area is 127 Å². The van der Waals surface area contributed by atoms with E-state index in [0.717, 1.165) is 37.3 Å². The Bertz CT molecular complexity index is 424. The molecule has 4 nitrogen and oxygen atoms in total. The van der Waals surface area contributed by atoms with Gasteiger partial charge in [-0.25, -0.2) is 0 Å². The quantitative estimate of drug-likeness (QED) is 0.760. The van der Waals surface area contributed by atoms with Crippen LogP contribution in [-0.2, 0) is 16.1 Å². The maximum atomic E-state index is 6.09. The molecular formula is C17H27NO3. The van der Waals surface area contributed by atoms with Crippen molar-refractivity contribution in [2.24, 2.45) is 0 Å². The minimum atomic E-state index is 0.136. The predicted octanol–water partition coefficient (Wildman–Crippen LogP) is 2.76. The van der Waals surface area contributed by atoms with E-state index in [-0.39, 0.29) is 12.2 Å². The van der Waals surface area contributed by atoms with Gasteiger partial charge in [0.15, 0.2) is 0 Å². The summed E-state index contributed by atoms with van der Waals surface area (Å²) >= 11 is 0. The monoisotopic (exact) mass is 293 g/mol. The van der Waals surface area contributed by atoms with Crippen LogP contribution in [0.25, 0.3) is 0 Å². The summed E-state index contributed by atoms with van der Waals surface area (Å²) in [6.07, 6.45) is 2.42. The molecule has 3 atom stereocenters. The van der Waals surface area contributed by atoms with Crippen LogP contribution >= 0.6 is 0 Å². The molecule has 0 spiro atoms. The Kier molecular flexibility index (Phi) is 6.49. The maximum Gasteiger partial charge on any atom is 0.128 e. The minimum absolute atomic E-state index is 0.136. The van der Waals surface area contributed by atoms with Crippen LogP contribution in [0.4, 0.5) is 0 Å². The summed E-state index contributed by atoms with van der Waals surface area (Å²) in [6, 6.07) is 8.50. The lowest BCUT2D eigenvalue weighted by Gasteiger charge is -2.44. The summed E-state index contributed by atoms with van der Waals surface area (Å²) in [6.45, 7) is 6.57. The van der Waals surface area contributed by atoms with E-state index in [1.54, 1.807) is 7.11 Å². The molecule has 0 amide bonds. The van der Waals surface area contributed by atoms with E-state index in [1.807, 2.05) is 31.2 Å². The van der Waals surface area contributed by atoms with Crippen LogP contribution in [0.2, 0.25) is 0 Å². The second kappa shape index (κ2) is 8.37. The second-order valence-electron chi connectivity index (χ2n) is 5.45. The van der Waals surface area contributed by atoms with Crippen molar-refractivity contribution in [2.75, 3.05) is 20.3 Å². The van der Waals surface area contributed by atoms with Gasteiger partial charge in [-0.15, -0.1) is 0 Å². The lowest BCUT2D eigenvalue weighted by Crippen LogP contribution is -2.61. The fourth-order valence-corrected chi connectivity index (χ4v) is 2.69. The van der Waals surface area contributed by atoms with Crippen LogP contribution in [0.5, 0.6) is 5.75 Å². The lowest BCUT2D eigenvalue weighted by molar-refractivity contribution is -0.104. The number of hydrogen-bond acceptors (Lipinski definition) is 4. The number of rotatable bonds is 9. The third-order valence-electron chi connectivity index (χ3n) is 3.76. The Morgan fingerprint density at radius 2 is 2.14 bits per heavy atom. The van der Waals surface area contributed by atoms with Gasteiger partial charge >= 0.3 is 0 Å². The predicted molar refractivity (Wildman–Crippen MR) is 83.7 cm³/mol. The number of hydrogen-bond donors (Lipinski definition) is 1. The van der Waals surface area contributed by atoms with Crippen molar-refractivity contribution in [3.8, 4) is 5.75 Å². The Balaban J connectivity index is 1.91. The molecule has 0 heterocycles. The van der Waals surface area contributed by atoms with Crippen LogP contribution in [0.15, 0.2) is 24.3 Å². The molecule has 3 unspecified atom stereocenters. The van der Waals surface area contributed by atoms with E-state index in [9.17, 15) is 0 Å². The van der Waals surface area contributed by atoms with Crippen LogP contribution in [-0.4, -0.2) is 38.5 Å². The molecule has 1 saturated carbocycles. The van der Waals surface area contributed by atoms with Gasteiger partial charge in [-0.3, -0.25) is 0 Å². The normalized spacial score (nSPS) is 24.6. The van der Waals surface area contributed by atoms with Gasteiger partial charge in [-0.2, -0.15) is 0 Å². The number of benzene rings is 1. The highest BCUT2D eigenvalue weighted by atomic mass is 16.5. The summed E-state index contributed by atoms with van der Waals surface area (Å²) < 4.78 is 17.1. The van der Waals surface area contributed by atoms with Gasteiger partial charge in [-0.1, -0.05) is 19.1 Å². The van der Waals surface area contributed by atoms with Crippen molar-refractivity contribution < 1.29 is 14.2 Å². The molecule has 118 valence electrons. The highest BCUT2D eigenvalue weighted by Crippen LogP contribution is 2.29. The average Bonchev–Trinajstić information content (AvgIpc) is 2.48. The Hall–Kier alpha value is -1.10. The molecule has 1 aliphatic carbocycles. The van der Waals surface area contributed by atoms with Crippen molar-refractivity contribution in [1.82, 2.24) is 5.32 Å². The Morgan fingerprint density at radius 1 is 1.29 bits per heavy atom. The second-order valence-corrected chi connectivity index (χ2v) is 5.45. The fraction of sp³-hybridized carbons (Fsp3) is 0.647. The summed E-state index contributed by atoms with van der Waals surface area (Å²) in [5, 5.41) is 3.53. The number of ether oxygens (including phenoxy) is 3. The minimum Gasteiger partial charge on any atom is -0.488 e. The van der Waals surface area contributed by atoms with Crippen molar-refractivity contribution in [3.63, 3.8) is 0 Å². The number of nitrogens with one attached hydrogen (secondary N) is 1. The van der Waals surface area contributed by atoms with Crippen molar-refractivity contribution in [2.45, 2.75) is 51.5 Å². The maximum absolute atomic E-state index is 6.09. The van der Waals surface area contributed by atoms with Gasteiger partial charge < -0.3 is 19.5 Å². The zero-order valence-electron chi connectivity index (χ0n) is 13.3. The van der Waals surface area contributed by atoms with Crippen molar-refractivity contribution >= 4 is 0 Å². The molecule has 0 radical (unpaired) electrons. The van der Waals surface area contributed by atoms with Gasteiger partial charge in [0.2, 0.25) is 0 Å². The molecule has 0 bridgehead atoms. The van der Waals surface area contributed by atoms with Crippen molar-refractivity contribution in [3.05, 3.63) is 29.8 Å². The molecule has 0 aromatic heterocycles. The first-order chi connectivity index (χ1) is 10.3. The molecule has 21 heavy (non-hydrogen) atoms. The Morgan fingerprint density at radius 3 is 2.86 bits per heavy atom. The third kappa shape index (κ3) is 4.43. The summed E-state index contributed by atoms with van der Waals surface area (Å²) in [5.41, 5.74) is 1.13. The molecule has 4 heteroatoms. The lowest BCUT2D eigenvalue weighted by atomic mass is 9.85. The summed E-state index contributed by atoms with van der Waals surface area (Å²) in [4.78, 5) is 0. The van der Waals surface area contributed by atoms with Gasteiger partial charge in [-0.05, 0) is 37.6 Å². The van der Waals surface area contributed by atoms with Crippen LogP contribution in [0.3, 0.4) is 0 Å². The van der Waals surface area contributed by atoms with Crippen LogP contribution in [0, 0.1) is 0 Å². The first-order valence-electron chi connectivity index (χ1n) is 7.88. The first-order valence-corrected chi connectivity index (χ1v) is 7.88. The highest BCUT2D eigenvalue weighted by Gasteiger charge is 2.43. The largest absolute Gasteiger partial charge is 0.488 e. The van der Waals surface area contributed by atoms with E-state index in [0.29, 0.717) is 12.6 Å². The summed E-state index contributed by atoms with van der Waals surface area (Å²) in [7, 11) is 1.70. The standard InChI is InChI=1S/C17H27NO3/c1-4-9-18-15-11-16(17(15)20-5-2)21-14-8-6-7-13(10-14)12-19-3/h6-8,10,15-18H,4-5,9,11-12H2,1-3H3. The molecule has 1 aliphatic rings. The van der Waals surface area contributed by atoms with Gasteiger partial charge in [0.05, 0.1) is 6.61 Å². The van der Waals surface area contributed by atoms with Gasteiger partial charge in [0.25, 0.3) is 0 Å². The zero-order valence-corrected chi connectivity index (χ0v) is 13.3. The molecule has 1 fully saturated rings.